The topological polar surface area (TPSA) is 33.7 Å². The summed E-state index contributed by atoms with van der Waals surface area (Å²) in [5.74, 6) is 0.412. The molecular weight excluding hydrogens is 703 g/mol. The molecule has 0 bridgehead atoms. The van der Waals surface area contributed by atoms with E-state index in [-0.39, 0.29) is 6.17 Å². The van der Waals surface area contributed by atoms with E-state index >= 15 is 0 Å². The first-order chi connectivity index (χ1) is 27.7. The molecule has 2 aliphatic carbocycles. The number of furan rings is 1. The van der Waals surface area contributed by atoms with Crippen LogP contribution in [0.25, 0.3) is 65.8 Å². The van der Waals surface area contributed by atoms with Gasteiger partial charge in [0.2, 0.25) is 0 Å². The van der Waals surface area contributed by atoms with Crippen molar-refractivity contribution in [3.8, 4) is 16.8 Å². The zero-order valence-electron chi connectivity index (χ0n) is 30.7. The van der Waals surface area contributed by atoms with Crippen molar-refractivity contribution in [1.82, 2.24) is 4.57 Å². The van der Waals surface area contributed by atoms with Crippen LogP contribution in [0.15, 0.2) is 179 Å². The third kappa shape index (κ3) is 4.68. The molecule has 0 amide bonds. The first kappa shape index (κ1) is 31.6. The molecule has 3 aromatic heterocycles. The minimum atomic E-state index is -0.273. The molecule has 0 fully saturated rings. The highest BCUT2D eigenvalue weighted by Gasteiger charge is 2.33. The molecule has 3 aliphatic rings. The fourth-order valence-electron chi connectivity index (χ4n) is 9.35. The van der Waals surface area contributed by atoms with Crippen LogP contribution in [0, 0.1) is 5.92 Å². The zero-order chi connectivity index (χ0) is 36.9. The summed E-state index contributed by atoms with van der Waals surface area (Å²) in [6.07, 6.45) is 12.1. The normalized spacial score (nSPS) is 17.3. The minimum absolute atomic E-state index is 0.273. The molecule has 9 aromatic rings. The van der Waals surface area contributed by atoms with E-state index in [4.69, 9.17) is 9.41 Å². The molecule has 1 aliphatic heterocycles. The smallest absolute Gasteiger partial charge is 0.148 e. The number of hydrogen-bond acceptors (Lipinski definition) is 4. The van der Waals surface area contributed by atoms with Crippen molar-refractivity contribution < 1.29 is 4.42 Å². The van der Waals surface area contributed by atoms with Gasteiger partial charge in [-0.05, 0) is 71.2 Å². The zero-order valence-corrected chi connectivity index (χ0v) is 31.5. The molecule has 0 spiro atoms. The average molecular weight is 738 g/mol. The van der Waals surface area contributed by atoms with Gasteiger partial charge in [-0.25, -0.2) is 0 Å². The Hall–Kier alpha value is -6.69. The Labute approximate surface area is 328 Å². The molecule has 56 heavy (non-hydrogen) atoms. The van der Waals surface area contributed by atoms with E-state index in [9.17, 15) is 0 Å². The Kier molecular flexibility index (Phi) is 6.87. The van der Waals surface area contributed by atoms with Crippen molar-refractivity contribution in [2.75, 3.05) is 11.9 Å². The molecule has 2 unspecified atom stereocenters. The lowest BCUT2D eigenvalue weighted by atomic mass is 9.83. The maximum absolute atomic E-state index is 6.65. The number of nitrogens with zero attached hydrogens (tertiary/aromatic N) is 3. The number of benzene rings is 6. The van der Waals surface area contributed by atoms with Crippen molar-refractivity contribution in [1.29, 1.82) is 0 Å². The van der Waals surface area contributed by atoms with Crippen LogP contribution in [0.2, 0.25) is 0 Å². The van der Waals surface area contributed by atoms with Crippen LogP contribution < -0.4 is 4.90 Å². The summed E-state index contributed by atoms with van der Waals surface area (Å²) >= 11 is 1.83. The number of para-hydroxylation sites is 1. The van der Waals surface area contributed by atoms with Gasteiger partial charge in [-0.3, -0.25) is 4.99 Å². The summed E-state index contributed by atoms with van der Waals surface area (Å²) in [4.78, 5) is 9.25. The highest BCUT2D eigenvalue weighted by atomic mass is 32.1. The van der Waals surface area contributed by atoms with Gasteiger partial charge in [-0.2, -0.15) is 0 Å². The Morgan fingerprint density at radius 2 is 1.48 bits per heavy atom. The van der Waals surface area contributed by atoms with E-state index in [0.29, 0.717) is 5.92 Å². The predicted molar refractivity (Wildman–Crippen MR) is 234 cm³/mol. The lowest BCUT2D eigenvalue weighted by Gasteiger charge is -2.33. The van der Waals surface area contributed by atoms with Gasteiger partial charge in [0.05, 0.1) is 27.5 Å². The molecule has 12 rings (SSSR count). The van der Waals surface area contributed by atoms with E-state index in [1.807, 2.05) is 11.3 Å². The summed E-state index contributed by atoms with van der Waals surface area (Å²) in [5.41, 5.74) is 15.0. The highest BCUT2D eigenvalue weighted by Crippen LogP contribution is 2.48. The first-order valence-corrected chi connectivity index (χ1v) is 20.1. The van der Waals surface area contributed by atoms with Crippen LogP contribution >= 0.6 is 11.3 Å². The van der Waals surface area contributed by atoms with Crippen molar-refractivity contribution in [3.05, 3.63) is 197 Å². The number of fused-ring (bicyclic) bond motifs is 10. The second-order valence-electron chi connectivity index (χ2n) is 15.1. The van der Waals surface area contributed by atoms with Crippen LogP contribution in [0.3, 0.4) is 0 Å². The van der Waals surface area contributed by atoms with Crippen LogP contribution in [-0.2, 0) is 6.42 Å². The number of hydrogen-bond donors (Lipinski definition) is 0. The average Bonchev–Trinajstić information content (AvgIpc) is 3.93. The van der Waals surface area contributed by atoms with Gasteiger partial charge in [0.15, 0.2) is 0 Å². The van der Waals surface area contributed by atoms with Gasteiger partial charge in [-0.15, -0.1) is 11.3 Å². The molecule has 2 atom stereocenters. The van der Waals surface area contributed by atoms with E-state index in [1.165, 1.54) is 59.5 Å². The van der Waals surface area contributed by atoms with E-state index in [2.05, 4.69) is 186 Å². The monoisotopic (exact) mass is 737 g/mol. The molecule has 0 saturated carbocycles. The second kappa shape index (κ2) is 12.2. The van der Waals surface area contributed by atoms with E-state index in [0.717, 1.165) is 50.9 Å². The second-order valence-corrected chi connectivity index (χ2v) is 16.2. The summed E-state index contributed by atoms with van der Waals surface area (Å²) in [6.45, 7) is 0. The molecule has 4 heterocycles. The van der Waals surface area contributed by atoms with E-state index in [1.54, 1.807) is 0 Å². The van der Waals surface area contributed by atoms with Gasteiger partial charge in [0.1, 0.15) is 17.3 Å². The van der Waals surface area contributed by atoms with Crippen molar-refractivity contribution in [2.45, 2.75) is 12.6 Å². The SMILES string of the molecule is CN1c2c(sc3ccccc23)C(c2ccc(-c3ccccc3)cc2)=NC1c1cccc2oc3ccc(-n4c5c(c6ccccc64)CC4C=CC=CC4=C5)cc3c12. The Morgan fingerprint density at radius 1 is 0.696 bits per heavy atom. The number of anilines is 1. The fourth-order valence-corrected chi connectivity index (χ4v) is 10.6. The van der Waals surface area contributed by atoms with Crippen LogP contribution in [0.4, 0.5) is 5.69 Å². The van der Waals surface area contributed by atoms with Gasteiger partial charge in [-0.1, -0.05) is 127 Å². The lowest BCUT2D eigenvalue weighted by molar-refractivity contribution is 0.666. The highest BCUT2D eigenvalue weighted by molar-refractivity contribution is 7.22. The number of thiophene rings is 1. The van der Waals surface area contributed by atoms with Gasteiger partial charge in [0, 0.05) is 56.0 Å². The van der Waals surface area contributed by atoms with Gasteiger partial charge < -0.3 is 13.9 Å². The number of allylic oxidation sites excluding steroid dienone is 5. The third-order valence-corrected chi connectivity index (χ3v) is 13.2. The number of aliphatic imine (C=N–C) groups is 1. The van der Waals surface area contributed by atoms with Gasteiger partial charge in [0.25, 0.3) is 0 Å². The maximum Gasteiger partial charge on any atom is 0.148 e. The molecule has 266 valence electrons. The molecule has 4 nitrogen and oxygen atoms in total. The number of aromatic nitrogens is 1. The summed E-state index contributed by atoms with van der Waals surface area (Å²) in [5, 5.41) is 4.78. The van der Waals surface area contributed by atoms with Crippen LogP contribution in [0.1, 0.15) is 33.4 Å². The Bertz CT molecular complexity index is 3190. The Morgan fingerprint density at radius 3 is 2.38 bits per heavy atom. The third-order valence-electron chi connectivity index (χ3n) is 12.0. The first-order valence-electron chi connectivity index (χ1n) is 19.3. The molecule has 6 aromatic carbocycles. The maximum atomic E-state index is 6.65. The molecular formula is C51H35N3OS. The summed E-state index contributed by atoms with van der Waals surface area (Å²) < 4.78 is 10.4. The molecule has 5 heteroatoms. The quantitative estimate of drug-likeness (QED) is 0.180. The van der Waals surface area contributed by atoms with Crippen LogP contribution in [-0.4, -0.2) is 17.3 Å². The molecule has 0 N–H and O–H groups in total. The molecule has 0 radical (unpaired) electrons. The standard InChI is InChI=1S/C51H35N3OS/c1-53-49-38-17-8-10-21-46(38)56-50(49)48(33-24-22-32(23-25-33)31-12-3-2-4-13-31)52-51(53)39-18-11-20-45-47(39)41-30-36(26-27-44(41)55-45)54-42-19-9-7-16-37(42)40-28-34-14-5-6-15-35(34)29-43(40)54/h2-27,29-30,34,51H,28H2,1H3. The van der Waals surface area contributed by atoms with Gasteiger partial charge >= 0.3 is 0 Å². The minimum Gasteiger partial charge on any atom is -0.456 e. The largest absolute Gasteiger partial charge is 0.456 e. The van der Waals surface area contributed by atoms with Crippen molar-refractivity contribution in [2.24, 2.45) is 10.9 Å². The predicted octanol–water partition coefficient (Wildman–Crippen LogP) is 13.1. The fraction of sp³-hybridized carbons (Fsp3) is 0.0784. The summed E-state index contributed by atoms with van der Waals surface area (Å²) in [7, 11) is 2.20. The van der Waals surface area contributed by atoms with Crippen molar-refractivity contribution in [3.63, 3.8) is 0 Å². The van der Waals surface area contributed by atoms with E-state index < -0.39 is 0 Å². The van der Waals surface area contributed by atoms with Crippen LogP contribution in [0.5, 0.6) is 0 Å². The summed E-state index contributed by atoms with van der Waals surface area (Å²) in [6, 6.07) is 50.2. The number of rotatable bonds is 4. The molecule has 0 saturated heterocycles. The van der Waals surface area contributed by atoms with Crippen molar-refractivity contribution >= 4 is 71.7 Å². The Balaban J connectivity index is 1.05. The lowest BCUT2D eigenvalue weighted by Crippen LogP contribution is -2.29.